The van der Waals surface area contributed by atoms with Gasteiger partial charge in [0.25, 0.3) is 0 Å². The number of furan rings is 1. The van der Waals surface area contributed by atoms with Crippen molar-refractivity contribution in [2.45, 2.75) is 19.8 Å². The van der Waals surface area contributed by atoms with Crippen LogP contribution in [0, 0.1) is 0 Å². The topological polar surface area (TPSA) is 42.2 Å². The van der Waals surface area contributed by atoms with Gasteiger partial charge in [-0.05, 0) is 35.8 Å². The first kappa shape index (κ1) is 16.8. The van der Waals surface area contributed by atoms with E-state index in [1.165, 1.54) is 6.08 Å². The van der Waals surface area contributed by atoms with Crippen molar-refractivity contribution in [2.75, 3.05) is 5.32 Å². The second-order valence-corrected chi connectivity index (χ2v) is 6.13. The summed E-state index contributed by atoms with van der Waals surface area (Å²) in [5.74, 6) is 1.60. The lowest BCUT2D eigenvalue weighted by Crippen LogP contribution is -2.10. The van der Waals surface area contributed by atoms with E-state index in [4.69, 9.17) is 4.42 Å². The molecule has 25 heavy (non-hydrogen) atoms. The van der Waals surface area contributed by atoms with Gasteiger partial charge in [-0.15, -0.1) is 0 Å². The summed E-state index contributed by atoms with van der Waals surface area (Å²) in [6, 6.07) is 21.5. The Bertz CT molecular complexity index is 876. The van der Waals surface area contributed by atoms with E-state index in [2.05, 4.69) is 19.2 Å². The van der Waals surface area contributed by atoms with Crippen LogP contribution in [0.15, 0.2) is 77.2 Å². The normalized spacial score (nSPS) is 11.2. The predicted molar refractivity (Wildman–Crippen MR) is 102 cm³/mol. The fraction of sp³-hybridized carbons (Fsp3) is 0.136. The van der Waals surface area contributed by atoms with Crippen LogP contribution in [-0.2, 0) is 4.79 Å². The molecule has 3 aromatic rings. The summed E-state index contributed by atoms with van der Waals surface area (Å²) in [5.41, 5.74) is 2.97. The molecule has 1 N–H and O–H groups in total. The highest BCUT2D eigenvalue weighted by Gasteiger charge is 2.08. The summed E-state index contributed by atoms with van der Waals surface area (Å²) in [6.45, 7) is 4.21. The molecule has 3 rings (SSSR count). The van der Waals surface area contributed by atoms with Crippen LogP contribution in [0.3, 0.4) is 0 Å². The molecular formula is C22H21NO2. The van der Waals surface area contributed by atoms with Crippen LogP contribution < -0.4 is 5.32 Å². The van der Waals surface area contributed by atoms with Crippen molar-refractivity contribution in [3.63, 3.8) is 0 Å². The van der Waals surface area contributed by atoms with Crippen LogP contribution in [0.25, 0.3) is 17.4 Å². The largest absolute Gasteiger partial charge is 0.457 e. The molecule has 126 valence electrons. The lowest BCUT2D eigenvalue weighted by Gasteiger charge is -2.12. The lowest BCUT2D eigenvalue weighted by atomic mass is 10.0. The van der Waals surface area contributed by atoms with Crippen LogP contribution in [0.5, 0.6) is 0 Å². The van der Waals surface area contributed by atoms with Crippen molar-refractivity contribution < 1.29 is 9.21 Å². The van der Waals surface area contributed by atoms with E-state index in [1.807, 2.05) is 66.7 Å². The van der Waals surface area contributed by atoms with Gasteiger partial charge in [0.05, 0.1) is 0 Å². The summed E-state index contributed by atoms with van der Waals surface area (Å²) in [6.07, 6.45) is 3.17. The van der Waals surface area contributed by atoms with Gasteiger partial charge in [0, 0.05) is 17.3 Å². The smallest absolute Gasteiger partial charge is 0.248 e. The summed E-state index contributed by atoms with van der Waals surface area (Å²) in [4.78, 5) is 12.2. The summed E-state index contributed by atoms with van der Waals surface area (Å²) >= 11 is 0. The van der Waals surface area contributed by atoms with Gasteiger partial charge in [0.15, 0.2) is 0 Å². The molecule has 1 amide bonds. The van der Waals surface area contributed by atoms with E-state index in [0.717, 1.165) is 22.6 Å². The predicted octanol–water partition coefficient (Wildman–Crippen LogP) is 5.72. The quantitative estimate of drug-likeness (QED) is 0.607. The third-order valence-corrected chi connectivity index (χ3v) is 3.92. The Labute approximate surface area is 148 Å². The number of rotatable bonds is 5. The highest BCUT2D eigenvalue weighted by atomic mass is 16.3. The van der Waals surface area contributed by atoms with Gasteiger partial charge in [0.1, 0.15) is 11.5 Å². The highest BCUT2D eigenvalue weighted by Crippen LogP contribution is 2.24. The Morgan fingerprint density at radius 2 is 1.68 bits per heavy atom. The molecule has 0 bridgehead atoms. The third-order valence-electron chi connectivity index (χ3n) is 3.92. The highest BCUT2D eigenvalue weighted by molar-refractivity contribution is 6.02. The maximum absolute atomic E-state index is 12.2. The Morgan fingerprint density at radius 1 is 0.960 bits per heavy atom. The molecule has 0 saturated heterocycles. The molecule has 1 heterocycles. The van der Waals surface area contributed by atoms with Crippen molar-refractivity contribution in [2.24, 2.45) is 0 Å². The second-order valence-electron chi connectivity index (χ2n) is 6.13. The second kappa shape index (κ2) is 7.67. The number of hydrogen-bond acceptors (Lipinski definition) is 2. The minimum absolute atomic E-state index is 0.175. The van der Waals surface area contributed by atoms with Crippen LogP contribution in [0.4, 0.5) is 5.69 Å². The van der Waals surface area contributed by atoms with E-state index < -0.39 is 0 Å². The van der Waals surface area contributed by atoms with Crippen molar-refractivity contribution in [1.29, 1.82) is 0 Å². The number of hydrogen-bond donors (Lipinski definition) is 1. The molecule has 0 aliphatic carbocycles. The molecule has 0 saturated carbocycles. The zero-order valence-corrected chi connectivity index (χ0v) is 14.4. The number of anilines is 1. The first-order valence-electron chi connectivity index (χ1n) is 8.37. The zero-order chi connectivity index (χ0) is 17.6. The third kappa shape index (κ3) is 4.27. The van der Waals surface area contributed by atoms with Gasteiger partial charge in [-0.3, -0.25) is 4.79 Å². The number of nitrogens with one attached hydrogen (secondary N) is 1. The van der Waals surface area contributed by atoms with Gasteiger partial charge in [-0.2, -0.15) is 0 Å². The molecule has 3 heteroatoms. The molecule has 1 aromatic heterocycles. The van der Waals surface area contributed by atoms with Crippen molar-refractivity contribution in [3.05, 3.63) is 84.1 Å². The van der Waals surface area contributed by atoms with E-state index in [1.54, 1.807) is 6.08 Å². The van der Waals surface area contributed by atoms with E-state index in [9.17, 15) is 4.79 Å². The number of para-hydroxylation sites is 1. The zero-order valence-electron chi connectivity index (χ0n) is 14.4. The molecule has 0 radical (unpaired) electrons. The first-order chi connectivity index (χ1) is 12.1. The average Bonchev–Trinajstić information content (AvgIpc) is 3.10. The molecule has 0 unspecified atom stereocenters. The minimum Gasteiger partial charge on any atom is -0.457 e. The molecule has 2 aromatic carbocycles. The first-order valence-corrected chi connectivity index (χ1v) is 8.37. The number of carbonyl (C=O) groups excluding carboxylic acids is 1. The van der Waals surface area contributed by atoms with Crippen LogP contribution >= 0.6 is 0 Å². The van der Waals surface area contributed by atoms with Gasteiger partial charge in [-0.1, -0.05) is 62.4 Å². The molecule has 0 aliphatic heterocycles. The fourth-order valence-corrected chi connectivity index (χ4v) is 2.65. The molecular weight excluding hydrogens is 310 g/mol. The van der Waals surface area contributed by atoms with Crippen molar-refractivity contribution in [3.8, 4) is 11.3 Å². The van der Waals surface area contributed by atoms with Crippen LogP contribution in [0.2, 0.25) is 0 Å². The number of carbonyl (C=O) groups is 1. The molecule has 0 atom stereocenters. The number of benzene rings is 2. The Kier molecular flexibility index (Phi) is 5.14. The standard InChI is InChI=1S/C22H21NO2/c1-16(2)19-10-6-7-11-20(19)23-22(24)15-13-18-12-14-21(25-18)17-8-4-3-5-9-17/h3-16H,1-2H3,(H,23,24)/b15-13+. The van der Waals surface area contributed by atoms with Crippen molar-refractivity contribution >= 4 is 17.7 Å². The van der Waals surface area contributed by atoms with Crippen molar-refractivity contribution in [1.82, 2.24) is 0 Å². The molecule has 0 aliphatic rings. The maximum atomic E-state index is 12.2. The van der Waals surface area contributed by atoms with Crippen LogP contribution in [-0.4, -0.2) is 5.91 Å². The minimum atomic E-state index is -0.175. The average molecular weight is 331 g/mol. The molecule has 0 fully saturated rings. The summed E-state index contributed by atoms with van der Waals surface area (Å²) < 4.78 is 5.77. The van der Waals surface area contributed by atoms with E-state index in [0.29, 0.717) is 11.7 Å². The van der Waals surface area contributed by atoms with Gasteiger partial charge in [-0.25, -0.2) is 0 Å². The summed E-state index contributed by atoms with van der Waals surface area (Å²) in [5, 5.41) is 2.93. The molecule has 3 nitrogen and oxygen atoms in total. The lowest BCUT2D eigenvalue weighted by molar-refractivity contribution is -0.111. The monoisotopic (exact) mass is 331 g/mol. The SMILES string of the molecule is CC(C)c1ccccc1NC(=O)/C=C/c1ccc(-c2ccccc2)o1. The van der Waals surface area contributed by atoms with Gasteiger partial charge >= 0.3 is 0 Å². The van der Waals surface area contributed by atoms with E-state index >= 15 is 0 Å². The maximum Gasteiger partial charge on any atom is 0.248 e. The number of amides is 1. The van der Waals surface area contributed by atoms with Gasteiger partial charge < -0.3 is 9.73 Å². The Balaban J connectivity index is 1.69. The van der Waals surface area contributed by atoms with Gasteiger partial charge in [0.2, 0.25) is 5.91 Å². The van der Waals surface area contributed by atoms with E-state index in [-0.39, 0.29) is 5.91 Å². The van der Waals surface area contributed by atoms with Crippen LogP contribution in [0.1, 0.15) is 31.1 Å². The molecule has 0 spiro atoms. The Morgan fingerprint density at radius 3 is 2.44 bits per heavy atom. The fourth-order valence-electron chi connectivity index (χ4n) is 2.65. The summed E-state index contributed by atoms with van der Waals surface area (Å²) in [7, 11) is 0. The Hall–Kier alpha value is -3.07.